The zero-order chi connectivity index (χ0) is 7.94. The summed E-state index contributed by atoms with van der Waals surface area (Å²) < 4.78 is 0. The molecule has 1 rings (SSSR count). The van der Waals surface area contributed by atoms with Gasteiger partial charge in [0.05, 0.1) is 0 Å². The molecular weight excluding hydrogens is 138 g/mol. The van der Waals surface area contributed by atoms with Crippen LogP contribution in [0.4, 0.5) is 0 Å². The predicted octanol–water partition coefficient (Wildman–Crippen LogP) is -0.0453. The van der Waals surface area contributed by atoms with E-state index in [0.717, 1.165) is 19.5 Å². The zero-order valence-corrected chi connectivity index (χ0v) is 7.10. The Hall–Kier alpha value is -0.120. The van der Waals surface area contributed by atoms with Crippen LogP contribution in [-0.2, 0) is 0 Å². The molecule has 0 bridgehead atoms. The van der Waals surface area contributed by atoms with Gasteiger partial charge in [-0.25, -0.2) is 0 Å². The van der Waals surface area contributed by atoms with Crippen LogP contribution in [0, 0.1) is 0 Å². The van der Waals surface area contributed by atoms with Crippen LogP contribution in [0.15, 0.2) is 0 Å². The number of piperazine rings is 1. The number of unbranched alkanes of at least 4 members (excludes halogenated alkanes) is 1. The normalized spacial score (nSPS) is 20.5. The van der Waals surface area contributed by atoms with Crippen molar-refractivity contribution in [3.05, 3.63) is 0 Å². The summed E-state index contributed by atoms with van der Waals surface area (Å²) >= 11 is 0. The number of hydrogen-bond donors (Lipinski definition) is 1. The van der Waals surface area contributed by atoms with Crippen molar-refractivity contribution >= 4 is 0 Å². The van der Waals surface area contributed by atoms with Crippen molar-refractivity contribution < 1.29 is 0 Å². The van der Waals surface area contributed by atoms with E-state index in [2.05, 4.69) is 10.2 Å². The molecule has 1 heterocycles. The quantitative estimate of drug-likeness (QED) is 0.580. The number of nitrogens with zero attached hydrogens (tertiary/aromatic N) is 1. The summed E-state index contributed by atoms with van der Waals surface area (Å²) in [4.78, 5) is 2.48. The van der Waals surface area contributed by atoms with Gasteiger partial charge in [-0.1, -0.05) is 0 Å². The third-order valence-electron chi connectivity index (χ3n) is 2.11. The first-order valence-electron chi connectivity index (χ1n) is 4.51. The molecule has 11 heavy (non-hydrogen) atoms. The molecule has 65 valence electrons. The summed E-state index contributed by atoms with van der Waals surface area (Å²) in [7, 11) is 0. The van der Waals surface area contributed by atoms with Crippen molar-refractivity contribution in [2.45, 2.75) is 12.8 Å². The summed E-state index contributed by atoms with van der Waals surface area (Å²) in [6, 6.07) is 0. The fourth-order valence-electron chi connectivity index (χ4n) is 1.40. The smallest absolute Gasteiger partial charge is 0.0107 e. The molecule has 0 aliphatic carbocycles. The van der Waals surface area contributed by atoms with E-state index in [1.807, 2.05) is 0 Å². The SMILES string of the molecule is [NH]CCCCN1CCNCC1. The lowest BCUT2D eigenvalue weighted by atomic mass is 10.2. The average Bonchev–Trinajstić information content (AvgIpc) is 2.07. The third kappa shape index (κ3) is 3.70. The highest BCUT2D eigenvalue weighted by molar-refractivity contribution is 4.66. The maximum Gasteiger partial charge on any atom is 0.0107 e. The molecule has 1 radical (unpaired) electrons. The molecule has 1 aliphatic heterocycles. The molecule has 0 aromatic heterocycles. The molecule has 3 nitrogen and oxygen atoms in total. The van der Waals surface area contributed by atoms with Crippen molar-refractivity contribution in [1.29, 1.82) is 0 Å². The number of nitrogens with one attached hydrogen (secondary N) is 2. The van der Waals surface area contributed by atoms with Crippen LogP contribution in [0.1, 0.15) is 12.8 Å². The van der Waals surface area contributed by atoms with Crippen LogP contribution in [-0.4, -0.2) is 44.2 Å². The van der Waals surface area contributed by atoms with Crippen molar-refractivity contribution in [2.75, 3.05) is 39.3 Å². The van der Waals surface area contributed by atoms with Crippen LogP contribution in [0.25, 0.3) is 0 Å². The highest BCUT2D eigenvalue weighted by Gasteiger charge is 2.07. The number of rotatable bonds is 4. The Kier molecular flexibility index (Phi) is 4.50. The van der Waals surface area contributed by atoms with Crippen molar-refractivity contribution in [3.8, 4) is 0 Å². The van der Waals surface area contributed by atoms with Gasteiger partial charge < -0.3 is 10.2 Å². The van der Waals surface area contributed by atoms with Gasteiger partial charge in [0.15, 0.2) is 0 Å². The van der Waals surface area contributed by atoms with Gasteiger partial charge in [-0.2, -0.15) is 0 Å². The van der Waals surface area contributed by atoms with E-state index in [-0.39, 0.29) is 0 Å². The van der Waals surface area contributed by atoms with E-state index in [0.29, 0.717) is 6.54 Å². The number of hydrogen-bond acceptors (Lipinski definition) is 2. The maximum atomic E-state index is 6.99. The van der Waals surface area contributed by atoms with Gasteiger partial charge in [-0.3, -0.25) is 5.73 Å². The van der Waals surface area contributed by atoms with Gasteiger partial charge in [-0.05, 0) is 19.4 Å². The molecular formula is C8H18N3. The first-order valence-corrected chi connectivity index (χ1v) is 4.51. The second kappa shape index (κ2) is 5.52. The van der Waals surface area contributed by atoms with Crippen molar-refractivity contribution in [3.63, 3.8) is 0 Å². The van der Waals surface area contributed by atoms with E-state index in [1.54, 1.807) is 0 Å². The van der Waals surface area contributed by atoms with E-state index >= 15 is 0 Å². The lowest BCUT2D eigenvalue weighted by Gasteiger charge is -2.26. The van der Waals surface area contributed by atoms with Gasteiger partial charge in [0.1, 0.15) is 0 Å². The Morgan fingerprint density at radius 3 is 2.55 bits per heavy atom. The molecule has 0 spiro atoms. The van der Waals surface area contributed by atoms with Gasteiger partial charge in [0.25, 0.3) is 0 Å². The third-order valence-corrected chi connectivity index (χ3v) is 2.11. The monoisotopic (exact) mass is 156 g/mol. The Labute approximate surface area is 68.9 Å². The van der Waals surface area contributed by atoms with E-state index < -0.39 is 0 Å². The van der Waals surface area contributed by atoms with Crippen LogP contribution in [0.5, 0.6) is 0 Å². The molecule has 1 aliphatic rings. The van der Waals surface area contributed by atoms with Crippen molar-refractivity contribution in [2.24, 2.45) is 0 Å². The molecule has 2 N–H and O–H groups in total. The molecule has 0 aromatic carbocycles. The Balaban J connectivity index is 1.96. The summed E-state index contributed by atoms with van der Waals surface area (Å²) in [5.74, 6) is 0. The molecule has 1 saturated heterocycles. The van der Waals surface area contributed by atoms with Crippen LogP contribution < -0.4 is 11.1 Å². The van der Waals surface area contributed by atoms with E-state index in [4.69, 9.17) is 5.73 Å². The second-order valence-corrected chi connectivity index (χ2v) is 3.05. The van der Waals surface area contributed by atoms with Crippen LogP contribution in [0.3, 0.4) is 0 Å². The minimum atomic E-state index is 0.589. The first kappa shape index (κ1) is 8.97. The summed E-state index contributed by atoms with van der Waals surface area (Å²) in [5.41, 5.74) is 6.99. The van der Waals surface area contributed by atoms with E-state index in [9.17, 15) is 0 Å². The van der Waals surface area contributed by atoms with Crippen molar-refractivity contribution in [1.82, 2.24) is 16.0 Å². The lowest BCUT2D eigenvalue weighted by molar-refractivity contribution is 0.237. The van der Waals surface area contributed by atoms with Gasteiger partial charge >= 0.3 is 0 Å². The lowest BCUT2D eigenvalue weighted by Crippen LogP contribution is -2.43. The molecule has 0 unspecified atom stereocenters. The van der Waals surface area contributed by atoms with Gasteiger partial charge in [0.2, 0.25) is 0 Å². The molecule has 0 amide bonds. The van der Waals surface area contributed by atoms with Gasteiger partial charge in [0, 0.05) is 32.7 Å². The fraction of sp³-hybridized carbons (Fsp3) is 1.00. The molecule has 0 atom stereocenters. The maximum absolute atomic E-state index is 6.99. The minimum Gasteiger partial charge on any atom is -0.314 e. The minimum absolute atomic E-state index is 0.589. The first-order chi connectivity index (χ1) is 5.43. The van der Waals surface area contributed by atoms with Crippen LogP contribution >= 0.6 is 0 Å². The molecule has 0 saturated carbocycles. The molecule has 0 aromatic rings. The average molecular weight is 156 g/mol. The topological polar surface area (TPSA) is 39.1 Å². The molecule has 3 heteroatoms. The highest BCUT2D eigenvalue weighted by atomic mass is 15.2. The Morgan fingerprint density at radius 1 is 1.18 bits per heavy atom. The predicted molar refractivity (Wildman–Crippen MR) is 46.5 cm³/mol. The standard InChI is InChI=1S/C8H18N3/c9-3-1-2-6-11-7-4-10-5-8-11/h9-10H,1-8H2. The second-order valence-electron chi connectivity index (χ2n) is 3.05. The Morgan fingerprint density at radius 2 is 1.91 bits per heavy atom. The van der Waals surface area contributed by atoms with Crippen LogP contribution in [0.2, 0.25) is 0 Å². The summed E-state index contributed by atoms with van der Waals surface area (Å²) in [6.07, 6.45) is 2.26. The molecule has 1 fully saturated rings. The summed E-state index contributed by atoms with van der Waals surface area (Å²) in [6.45, 7) is 6.45. The zero-order valence-electron chi connectivity index (χ0n) is 7.10. The fourth-order valence-corrected chi connectivity index (χ4v) is 1.40. The van der Waals surface area contributed by atoms with Gasteiger partial charge in [-0.15, -0.1) is 0 Å². The Bertz CT molecular complexity index is 89.3. The highest BCUT2D eigenvalue weighted by Crippen LogP contribution is 1.95. The van der Waals surface area contributed by atoms with E-state index in [1.165, 1.54) is 26.1 Å². The largest absolute Gasteiger partial charge is 0.314 e. The summed E-state index contributed by atoms with van der Waals surface area (Å²) in [5, 5.41) is 3.33.